The van der Waals surface area contributed by atoms with Crippen LogP contribution in [0.4, 0.5) is 24.5 Å². The van der Waals surface area contributed by atoms with Crippen molar-refractivity contribution in [1.82, 2.24) is 0 Å². The summed E-state index contributed by atoms with van der Waals surface area (Å²) in [5.74, 6) is -0.775. The van der Waals surface area contributed by atoms with Crippen LogP contribution in [-0.4, -0.2) is 20.9 Å². The van der Waals surface area contributed by atoms with Gasteiger partial charge in [-0.3, -0.25) is 9.10 Å². The summed E-state index contributed by atoms with van der Waals surface area (Å²) >= 11 is 0. The van der Waals surface area contributed by atoms with E-state index in [9.17, 15) is 26.4 Å². The first kappa shape index (κ1) is 23.3. The fraction of sp³-hybridized carbons (Fsp3) is 0.174. The molecule has 0 aliphatic rings. The second-order valence-corrected chi connectivity index (χ2v) is 8.83. The number of nitrogens with zero attached hydrogens (tertiary/aromatic N) is 1. The fourth-order valence-electron chi connectivity index (χ4n) is 3.04. The largest absolute Gasteiger partial charge is 0.416 e. The van der Waals surface area contributed by atoms with Crippen molar-refractivity contribution in [3.8, 4) is 0 Å². The summed E-state index contributed by atoms with van der Waals surface area (Å²) in [6.45, 7) is 1.34. The van der Waals surface area contributed by atoms with E-state index < -0.39 is 34.2 Å². The molecule has 0 saturated heterocycles. The first-order chi connectivity index (χ1) is 15.1. The molecule has 0 saturated carbocycles. The van der Waals surface area contributed by atoms with Crippen molar-refractivity contribution < 1.29 is 26.4 Å². The zero-order valence-corrected chi connectivity index (χ0v) is 18.0. The molecule has 3 aromatic rings. The molecule has 5 nitrogen and oxygen atoms in total. The predicted octanol–water partition coefficient (Wildman–Crippen LogP) is 5.10. The molecule has 0 unspecified atom stereocenters. The monoisotopic (exact) mass is 462 g/mol. The highest BCUT2D eigenvalue weighted by atomic mass is 32.2. The maximum Gasteiger partial charge on any atom is 0.416 e. The van der Waals surface area contributed by atoms with Gasteiger partial charge < -0.3 is 5.32 Å². The van der Waals surface area contributed by atoms with Gasteiger partial charge in [0.2, 0.25) is 5.91 Å². The lowest BCUT2D eigenvalue weighted by atomic mass is 10.1. The molecular formula is C23H21F3N2O3S. The van der Waals surface area contributed by atoms with Crippen molar-refractivity contribution in [2.24, 2.45) is 0 Å². The SMILES string of the molecule is CCc1ccc(N(CC(=O)Nc2cccc(C(F)(F)F)c2)S(=O)(=O)c2ccccc2)cc1. The predicted molar refractivity (Wildman–Crippen MR) is 117 cm³/mol. The number of carbonyl (C=O) groups is 1. The maximum atomic E-state index is 13.3. The molecule has 168 valence electrons. The number of alkyl halides is 3. The smallest absolute Gasteiger partial charge is 0.325 e. The topological polar surface area (TPSA) is 66.5 Å². The molecule has 1 N–H and O–H groups in total. The Morgan fingerprint density at radius 1 is 0.938 bits per heavy atom. The minimum absolute atomic E-state index is 0.00793. The van der Waals surface area contributed by atoms with Crippen LogP contribution >= 0.6 is 0 Å². The van der Waals surface area contributed by atoms with E-state index in [1.807, 2.05) is 6.92 Å². The van der Waals surface area contributed by atoms with Gasteiger partial charge in [-0.15, -0.1) is 0 Å². The number of anilines is 2. The Bertz CT molecular complexity index is 1180. The van der Waals surface area contributed by atoms with Crippen molar-refractivity contribution in [3.63, 3.8) is 0 Å². The number of carbonyl (C=O) groups excluding carboxylic acids is 1. The lowest BCUT2D eigenvalue weighted by molar-refractivity contribution is -0.137. The molecule has 1 amide bonds. The molecule has 0 spiro atoms. The number of benzene rings is 3. The number of sulfonamides is 1. The third-order valence-corrected chi connectivity index (χ3v) is 6.51. The Morgan fingerprint density at radius 3 is 2.19 bits per heavy atom. The van der Waals surface area contributed by atoms with Gasteiger partial charge in [-0.1, -0.05) is 43.3 Å². The molecule has 32 heavy (non-hydrogen) atoms. The number of aryl methyl sites for hydroxylation is 1. The summed E-state index contributed by atoms with van der Waals surface area (Å²) in [4.78, 5) is 12.7. The highest BCUT2D eigenvalue weighted by molar-refractivity contribution is 7.92. The molecule has 0 heterocycles. The zero-order chi connectivity index (χ0) is 23.4. The molecule has 0 atom stereocenters. The standard InChI is InChI=1S/C23H21F3N2O3S/c1-2-17-11-13-20(14-12-17)28(32(30,31)21-9-4-3-5-10-21)16-22(29)27-19-8-6-7-18(15-19)23(24,25)26/h3-15H,2,16H2,1H3,(H,27,29). The van der Waals surface area contributed by atoms with Gasteiger partial charge in [0, 0.05) is 5.69 Å². The summed E-state index contributed by atoms with van der Waals surface area (Å²) in [6.07, 6.45) is -3.81. The number of hydrogen-bond acceptors (Lipinski definition) is 3. The Hall–Kier alpha value is -3.33. The third-order valence-electron chi connectivity index (χ3n) is 4.72. The Labute approximate surface area is 184 Å². The molecule has 3 aromatic carbocycles. The van der Waals surface area contributed by atoms with Gasteiger partial charge in [0.25, 0.3) is 10.0 Å². The summed E-state index contributed by atoms with van der Waals surface area (Å²) in [5, 5.41) is 2.36. The number of hydrogen-bond donors (Lipinski definition) is 1. The van der Waals surface area contributed by atoms with E-state index >= 15 is 0 Å². The Balaban J connectivity index is 1.91. The zero-order valence-electron chi connectivity index (χ0n) is 17.1. The van der Waals surface area contributed by atoms with Crippen LogP contribution in [0, 0.1) is 0 Å². The van der Waals surface area contributed by atoms with Crippen LogP contribution in [0.15, 0.2) is 83.8 Å². The molecular weight excluding hydrogens is 441 g/mol. The van der Waals surface area contributed by atoms with Crippen LogP contribution in [-0.2, 0) is 27.4 Å². The Morgan fingerprint density at radius 2 is 1.59 bits per heavy atom. The summed E-state index contributed by atoms with van der Waals surface area (Å²) in [6, 6.07) is 18.5. The average molecular weight is 462 g/mol. The van der Waals surface area contributed by atoms with E-state index in [0.29, 0.717) is 0 Å². The first-order valence-electron chi connectivity index (χ1n) is 9.75. The van der Waals surface area contributed by atoms with Crippen molar-refractivity contribution in [2.45, 2.75) is 24.4 Å². The lowest BCUT2D eigenvalue weighted by Crippen LogP contribution is -2.38. The van der Waals surface area contributed by atoms with Gasteiger partial charge in [-0.25, -0.2) is 8.42 Å². The molecule has 3 rings (SSSR count). The van der Waals surface area contributed by atoms with Gasteiger partial charge in [-0.05, 0) is 54.4 Å². The number of halogens is 3. The van der Waals surface area contributed by atoms with Crippen LogP contribution in [0.2, 0.25) is 0 Å². The number of amides is 1. The van der Waals surface area contributed by atoms with E-state index in [-0.39, 0.29) is 16.3 Å². The van der Waals surface area contributed by atoms with Gasteiger partial charge in [0.05, 0.1) is 16.1 Å². The van der Waals surface area contributed by atoms with E-state index in [1.165, 1.54) is 24.3 Å². The molecule has 0 bridgehead atoms. The normalized spacial score (nSPS) is 11.8. The van der Waals surface area contributed by atoms with E-state index in [2.05, 4.69) is 5.32 Å². The van der Waals surface area contributed by atoms with E-state index in [0.717, 1.165) is 28.4 Å². The minimum Gasteiger partial charge on any atom is -0.325 e. The third kappa shape index (κ3) is 5.47. The fourth-order valence-corrected chi connectivity index (χ4v) is 4.48. The van der Waals surface area contributed by atoms with Crippen LogP contribution in [0.5, 0.6) is 0 Å². The van der Waals surface area contributed by atoms with Gasteiger partial charge >= 0.3 is 6.18 Å². The lowest BCUT2D eigenvalue weighted by Gasteiger charge is -2.24. The maximum absolute atomic E-state index is 13.3. The van der Waals surface area contributed by atoms with E-state index in [4.69, 9.17) is 0 Å². The molecule has 0 aliphatic heterocycles. The molecule has 0 aliphatic carbocycles. The van der Waals surface area contributed by atoms with Crippen LogP contribution in [0.25, 0.3) is 0 Å². The van der Waals surface area contributed by atoms with Crippen molar-refractivity contribution in [2.75, 3.05) is 16.2 Å². The second kappa shape index (κ2) is 9.44. The average Bonchev–Trinajstić information content (AvgIpc) is 2.78. The highest BCUT2D eigenvalue weighted by Crippen LogP contribution is 2.31. The van der Waals surface area contributed by atoms with Crippen LogP contribution < -0.4 is 9.62 Å². The molecule has 0 fully saturated rings. The van der Waals surface area contributed by atoms with Gasteiger partial charge in [0.1, 0.15) is 6.54 Å². The van der Waals surface area contributed by atoms with E-state index in [1.54, 1.807) is 42.5 Å². The van der Waals surface area contributed by atoms with Gasteiger partial charge in [-0.2, -0.15) is 13.2 Å². The van der Waals surface area contributed by atoms with Gasteiger partial charge in [0.15, 0.2) is 0 Å². The van der Waals surface area contributed by atoms with Crippen molar-refractivity contribution in [3.05, 3.63) is 90.0 Å². The summed E-state index contributed by atoms with van der Waals surface area (Å²) in [5.41, 5.74) is 0.256. The molecule has 0 aromatic heterocycles. The first-order valence-corrected chi connectivity index (χ1v) is 11.2. The quantitative estimate of drug-likeness (QED) is 0.531. The van der Waals surface area contributed by atoms with Crippen LogP contribution in [0.3, 0.4) is 0 Å². The second-order valence-electron chi connectivity index (χ2n) is 6.97. The van der Waals surface area contributed by atoms with Crippen molar-refractivity contribution >= 4 is 27.3 Å². The van der Waals surface area contributed by atoms with Crippen LogP contribution in [0.1, 0.15) is 18.1 Å². The molecule has 0 radical (unpaired) electrons. The Kier molecular flexibility index (Phi) is 6.88. The highest BCUT2D eigenvalue weighted by Gasteiger charge is 2.31. The van der Waals surface area contributed by atoms with Crippen molar-refractivity contribution in [1.29, 1.82) is 0 Å². The summed E-state index contributed by atoms with van der Waals surface area (Å²) in [7, 11) is -4.10. The minimum atomic E-state index is -4.57. The summed E-state index contributed by atoms with van der Waals surface area (Å²) < 4.78 is 66.3. The number of rotatable bonds is 7. The molecule has 9 heteroatoms. The number of nitrogens with one attached hydrogen (secondary N) is 1.